The van der Waals surface area contributed by atoms with Gasteiger partial charge in [0.05, 0.1) is 30.1 Å². The number of aliphatic hydroxyl groups excluding tert-OH is 1. The lowest BCUT2D eigenvalue weighted by Crippen LogP contribution is -2.16. The second kappa shape index (κ2) is 9.16. The molecule has 2 aromatic carbocycles. The summed E-state index contributed by atoms with van der Waals surface area (Å²) in [5.41, 5.74) is 3.38. The van der Waals surface area contributed by atoms with Gasteiger partial charge in [0.15, 0.2) is 0 Å². The van der Waals surface area contributed by atoms with Crippen molar-refractivity contribution in [3.63, 3.8) is 0 Å². The number of thioether (sulfide) groups is 1. The van der Waals surface area contributed by atoms with Crippen LogP contribution in [-0.4, -0.2) is 41.8 Å². The van der Waals surface area contributed by atoms with Crippen LogP contribution < -0.4 is 4.74 Å². The van der Waals surface area contributed by atoms with Crippen LogP contribution in [0.2, 0.25) is 0 Å². The number of aliphatic hydroxyl groups is 1. The van der Waals surface area contributed by atoms with Crippen LogP contribution in [0.1, 0.15) is 16.7 Å². The third-order valence-corrected chi connectivity index (χ3v) is 5.99. The zero-order valence-corrected chi connectivity index (χ0v) is 17.0. The van der Waals surface area contributed by atoms with Crippen LogP contribution in [0.5, 0.6) is 5.75 Å². The first-order chi connectivity index (χ1) is 14.2. The van der Waals surface area contributed by atoms with E-state index in [1.165, 1.54) is 0 Å². The highest BCUT2D eigenvalue weighted by molar-refractivity contribution is 8.15. The number of hydrogen-bond acceptors (Lipinski definition) is 5. The van der Waals surface area contributed by atoms with Crippen LogP contribution in [0.3, 0.4) is 0 Å². The third-order valence-electron chi connectivity index (χ3n) is 4.74. The van der Waals surface area contributed by atoms with Crippen molar-refractivity contribution in [2.24, 2.45) is 4.99 Å². The molecule has 2 aromatic rings. The summed E-state index contributed by atoms with van der Waals surface area (Å²) in [7, 11) is 1.70. The number of rotatable bonds is 7. The van der Waals surface area contributed by atoms with Crippen LogP contribution in [0.15, 0.2) is 77.5 Å². The number of benzene rings is 2. The maximum atomic E-state index is 8.80. The average Bonchev–Trinajstić information content (AvgIpc) is 3.20. The molecule has 0 saturated carbocycles. The Bertz CT molecular complexity index is 959. The van der Waals surface area contributed by atoms with Gasteiger partial charge in [-0.3, -0.25) is 4.99 Å². The van der Waals surface area contributed by atoms with Gasteiger partial charge in [-0.15, -0.1) is 0 Å². The summed E-state index contributed by atoms with van der Waals surface area (Å²) in [4.78, 5) is 4.85. The highest BCUT2D eigenvalue weighted by Gasteiger charge is 2.29. The molecule has 29 heavy (non-hydrogen) atoms. The van der Waals surface area contributed by atoms with Crippen molar-refractivity contribution in [1.82, 2.24) is 0 Å². The molecule has 0 aromatic heterocycles. The van der Waals surface area contributed by atoms with E-state index in [4.69, 9.17) is 19.6 Å². The van der Waals surface area contributed by atoms with E-state index in [1.807, 2.05) is 30.3 Å². The van der Waals surface area contributed by atoms with Gasteiger partial charge in [0.2, 0.25) is 0 Å². The van der Waals surface area contributed by atoms with Crippen LogP contribution in [-0.2, 0) is 4.74 Å². The van der Waals surface area contributed by atoms with Crippen LogP contribution >= 0.6 is 11.8 Å². The van der Waals surface area contributed by atoms with E-state index in [9.17, 15) is 0 Å². The summed E-state index contributed by atoms with van der Waals surface area (Å²) in [6, 6.07) is 16.5. The fourth-order valence-corrected chi connectivity index (χ4v) is 4.39. The number of nitrogens with zero attached hydrogens (tertiary/aromatic N) is 1. The Morgan fingerprint density at radius 2 is 1.72 bits per heavy atom. The maximum Gasteiger partial charge on any atom is 0.119 e. The minimum Gasteiger partial charge on any atom is -0.497 e. The molecule has 0 saturated heterocycles. The Hall–Kier alpha value is -2.76. The molecule has 4 rings (SSSR count). The first-order valence-electron chi connectivity index (χ1n) is 9.56. The molecule has 2 aliphatic rings. The Morgan fingerprint density at radius 1 is 1.03 bits per heavy atom. The predicted octanol–water partition coefficient (Wildman–Crippen LogP) is 4.56. The van der Waals surface area contributed by atoms with E-state index < -0.39 is 0 Å². The number of fused-ring (bicyclic) bond motifs is 1. The smallest absolute Gasteiger partial charge is 0.119 e. The van der Waals surface area contributed by atoms with Crippen molar-refractivity contribution < 1.29 is 14.6 Å². The summed E-state index contributed by atoms with van der Waals surface area (Å²) in [5.74, 6) is 1.67. The zero-order valence-electron chi connectivity index (χ0n) is 16.2. The Labute approximate surface area is 175 Å². The Kier molecular flexibility index (Phi) is 6.17. The molecule has 1 aliphatic carbocycles. The van der Waals surface area contributed by atoms with Crippen LogP contribution in [0.25, 0.3) is 12.2 Å². The number of methoxy groups -OCH3 is 1. The molecular formula is C24H23NO3S. The molecule has 2 atom stereocenters. The van der Waals surface area contributed by atoms with Gasteiger partial charge in [0.1, 0.15) is 18.1 Å². The third kappa shape index (κ3) is 4.81. The molecule has 0 fully saturated rings. The first kappa shape index (κ1) is 19.6. The molecule has 2 unspecified atom stereocenters. The molecule has 0 amide bonds. The largest absolute Gasteiger partial charge is 0.497 e. The molecule has 4 nitrogen and oxygen atoms in total. The highest BCUT2D eigenvalue weighted by atomic mass is 32.2. The minimum atomic E-state index is 0.0193. The summed E-state index contributed by atoms with van der Waals surface area (Å²) >= 11 is 1.79. The molecule has 1 heterocycles. The standard InChI is InChI=1S/C24H23NO3S/c1-27-21-12-13-22-23(16-21)29-24(25-22)19-8-4-17(5-9-19)2-3-18-6-10-20(11-7-18)28-15-14-26/h2-13,16,22-23,26H,14-15H2,1H3/b3-2+. The molecule has 0 radical (unpaired) electrons. The zero-order chi connectivity index (χ0) is 20.1. The number of ether oxygens (including phenoxy) is 2. The fraction of sp³-hybridized carbons (Fsp3) is 0.208. The molecule has 1 aliphatic heterocycles. The van der Waals surface area contributed by atoms with Crippen molar-refractivity contribution in [3.05, 3.63) is 89.2 Å². The van der Waals surface area contributed by atoms with Gasteiger partial charge >= 0.3 is 0 Å². The summed E-state index contributed by atoms with van der Waals surface area (Å²) in [6.07, 6.45) is 10.4. The SMILES string of the molecule is COC1=CC2SC(c3ccc(/C=C/c4ccc(OCCO)cc4)cc3)=NC2C=C1. The minimum absolute atomic E-state index is 0.0193. The molecule has 5 heteroatoms. The lowest BCUT2D eigenvalue weighted by Gasteiger charge is -2.15. The van der Waals surface area contributed by atoms with E-state index in [0.717, 1.165) is 33.2 Å². The monoisotopic (exact) mass is 405 g/mol. The van der Waals surface area contributed by atoms with Gasteiger partial charge < -0.3 is 14.6 Å². The Balaban J connectivity index is 1.39. The van der Waals surface area contributed by atoms with Gasteiger partial charge in [0, 0.05) is 5.56 Å². The van der Waals surface area contributed by atoms with Crippen molar-refractivity contribution >= 4 is 29.0 Å². The van der Waals surface area contributed by atoms with E-state index >= 15 is 0 Å². The van der Waals surface area contributed by atoms with Crippen molar-refractivity contribution in [2.75, 3.05) is 20.3 Å². The normalized spacial score (nSPS) is 20.3. The quantitative estimate of drug-likeness (QED) is 0.686. The van der Waals surface area contributed by atoms with Gasteiger partial charge in [-0.25, -0.2) is 0 Å². The molecule has 1 N–H and O–H groups in total. The van der Waals surface area contributed by atoms with E-state index in [-0.39, 0.29) is 12.6 Å². The van der Waals surface area contributed by atoms with E-state index in [1.54, 1.807) is 18.9 Å². The molecular weight excluding hydrogens is 382 g/mol. The van der Waals surface area contributed by atoms with Crippen LogP contribution in [0, 0.1) is 0 Å². The molecule has 0 bridgehead atoms. The first-order valence-corrected chi connectivity index (χ1v) is 10.4. The highest BCUT2D eigenvalue weighted by Crippen LogP contribution is 2.35. The second-order valence-corrected chi connectivity index (χ2v) is 7.90. The summed E-state index contributed by atoms with van der Waals surface area (Å²) in [6.45, 7) is 0.332. The summed E-state index contributed by atoms with van der Waals surface area (Å²) in [5, 5.41) is 10.2. The maximum absolute atomic E-state index is 8.80. The predicted molar refractivity (Wildman–Crippen MR) is 120 cm³/mol. The molecule has 148 valence electrons. The van der Waals surface area contributed by atoms with Gasteiger partial charge in [-0.2, -0.15) is 0 Å². The van der Waals surface area contributed by atoms with Crippen LogP contribution in [0.4, 0.5) is 0 Å². The Morgan fingerprint density at radius 3 is 2.38 bits per heavy atom. The van der Waals surface area contributed by atoms with E-state index in [0.29, 0.717) is 11.9 Å². The summed E-state index contributed by atoms with van der Waals surface area (Å²) < 4.78 is 10.7. The van der Waals surface area contributed by atoms with Gasteiger partial charge in [-0.05, 0) is 35.4 Å². The topological polar surface area (TPSA) is 51.0 Å². The van der Waals surface area contributed by atoms with Crippen molar-refractivity contribution in [3.8, 4) is 5.75 Å². The fourth-order valence-electron chi connectivity index (χ4n) is 3.18. The number of hydrogen-bond donors (Lipinski definition) is 1. The van der Waals surface area contributed by atoms with Gasteiger partial charge in [-0.1, -0.05) is 66.4 Å². The number of aliphatic imine (C=N–C) groups is 1. The van der Waals surface area contributed by atoms with E-state index in [2.05, 4.69) is 48.6 Å². The van der Waals surface area contributed by atoms with Crippen molar-refractivity contribution in [1.29, 1.82) is 0 Å². The lowest BCUT2D eigenvalue weighted by molar-refractivity contribution is 0.201. The molecule has 0 spiro atoms. The van der Waals surface area contributed by atoms with Gasteiger partial charge in [0.25, 0.3) is 0 Å². The average molecular weight is 406 g/mol. The second-order valence-electron chi connectivity index (χ2n) is 6.74. The number of allylic oxidation sites excluding steroid dienone is 1. The van der Waals surface area contributed by atoms with Crippen molar-refractivity contribution in [2.45, 2.75) is 11.3 Å². The lowest BCUT2D eigenvalue weighted by atomic mass is 10.1.